The first kappa shape index (κ1) is 26.6. The highest BCUT2D eigenvalue weighted by Gasteiger charge is 2.21. The highest BCUT2D eigenvalue weighted by Crippen LogP contribution is 2.45. The average molecular weight is 594 g/mol. The molecule has 6 heteroatoms. The van der Waals surface area contributed by atoms with E-state index in [-0.39, 0.29) is 0 Å². The van der Waals surface area contributed by atoms with Crippen LogP contribution in [0.25, 0.3) is 76.6 Å². The van der Waals surface area contributed by atoms with Gasteiger partial charge >= 0.3 is 0 Å². The summed E-state index contributed by atoms with van der Waals surface area (Å²) >= 11 is 1.65. The molecule has 0 aliphatic carbocycles. The summed E-state index contributed by atoms with van der Waals surface area (Å²) in [7, 11) is 0. The standard InChI is InChI=1S/C39H23N5S/c40-24-30-36-37(26-10-2-1-3-11-26)44-31-13-5-4-12-29(31)39(36)45-38(30)27-18-16-25(17-19-27)28-22-34(32-14-6-8-20-41-32)43-35(23-28)33-15-7-9-21-42-33/h1-23H. The lowest BCUT2D eigenvalue weighted by Crippen LogP contribution is -1.94. The summed E-state index contributed by atoms with van der Waals surface area (Å²) in [5, 5.41) is 12.5. The molecule has 0 fully saturated rings. The van der Waals surface area contributed by atoms with Crippen LogP contribution < -0.4 is 0 Å². The lowest BCUT2D eigenvalue weighted by atomic mass is 9.98. The molecular formula is C39H23N5S. The fourth-order valence-electron chi connectivity index (χ4n) is 5.70. The van der Waals surface area contributed by atoms with Crippen LogP contribution >= 0.6 is 11.3 Å². The maximum atomic E-state index is 10.5. The second kappa shape index (κ2) is 11.2. The van der Waals surface area contributed by atoms with Crippen LogP contribution in [0, 0.1) is 11.3 Å². The Labute approximate surface area is 263 Å². The van der Waals surface area contributed by atoms with Crippen LogP contribution in [0.5, 0.6) is 0 Å². The third kappa shape index (κ3) is 4.82. The molecule has 0 bridgehead atoms. The number of pyridine rings is 4. The minimum atomic E-state index is 0.652. The fraction of sp³-hybridized carbons (Fsp3) is 0. The fourth-order valence-corrected chi connectivity index (χ4v) is 6.99. The zero-order valence-corrected chi connectivity index (χ0v) is 24.7. The molecule has 0 saturated carbocycles. The van der Waals surface area contributed by atoms with E-state index < -0.39 is 0 Å². The van der Waals surface area contributed by atoms with E-state index in [9.17, 15) is 5.26 Å². The molecule has 5 aromatic heterocycles. The zero-order chi connectivity index (χ0) is 30.2. The lowest BCUT2D eigenvalue weighted by molar-refractivity contribution is 1.22. The van der Waals surface area contributed by atoms with Crippen molar-refractivity contribution < 1.29 is 0 Å². The van der Waals surface area contributed by atoms with Crippen LogP contribution in [-0.2, 0) is 0 Å². The molecule has 45 heavy (non-hydrogen) atoms. The van der Waals surface area contributed by atoms with E-state index in [0.29, 0.717) is 5.56 Å². The average Bonchev–Trinajstić information content (AvgIpc) is 3.52. The first-order valence-electron chi connectivity index (χ1n) is 14.5. The summed E-state index contributed by atoms with van der Waals surface area (Å²) in [6, 6.07) is 45.0. The molecular weight excluding hydrogens is 571 g/mol. The molecule has 0 aliphatic heterocycles. The monoisotopic (exact) mass is 593 g/mol. The van der Waals surface area contributed by atoms with Gasteiger partial charge in [-0.2, -0.15) is 5.26 Å². The van der Waals surface area contributed by atoms with E-state index in [2.05, 4.69) is 70.6 Å². The van der Waals surface area contributed by atoms with Gasteiger partial charge in [0.25, 0.3) is 0 Å². The van der Waals surface area contributed by atoms with Crippen molar-refractivity contribution in [3.8, 4) is 61.7 Å². The SMILES string of the molecule is N#Cc1c(-c2ccc(-c3cc(-c4ccccn4)nc(-c4ccccn4)c3)cc2)sc2c1c(-c1ccccc1)nc1ccccc12. The number of para-hydroxylation sites is 1. The summed E-state index contributed by atoms with van der Waals surface area (Å²) < 4.78 is 1.07. The topological polar surface area (TPSA) is 75.3 Å². The van der Waals surface area contributed by atoms with Gasteiger partial charge < -0.3 is 0 Å². The van der Waals surface area contributed by atoms with Crippen LogP contribution in [0.15, 0.2) is 140 Å². The van der Waals surface area contributed by atoms with Gasteiger partial charge in [-0.15, -0.1) is 11.3 Å². The zero-order valence-electron chi connectivity index (χ0n) is 23.9. The van der Waals surface area contributed by atoms with Crippen molar-refractivity contribution in [2.24, 2.45) is 0 Å². The minimum absolute atomic E-state index is 0.652. The number of benzene rings is 3. The van der Waals surface area contributed by atoms with Gasteiger partial charge in [0.05, 0.1) is 44.4 Å². The number of hydrogen-bond donors (Lipinski definition) is 0. The number of hydrogen-bond acceptors (Lipinski definition) is 6. The van der Waals surface area contributed by atoms with Gasteiger partial charge in [0, 0.05) is 33.4 Å². The Morgan fingerprint density at radius 2 is 1.16 bits per heavy atom. The van der Waals surface area contributed by atoms with Gasteiger partial charge in [-0.25, -0.2) is 9.97 Å². The molecule has 0 spiro atoms. The van der Waals surface area contributed by atoms with Gasteiger partial charge in [0.1, 0.15) is 6.07 Å². The van der Waals surface area contributed by atoms with Crippen molar-refractivity contribution in [1.29, 1.82) is 5.26 Å². The molecule has 3 aromatic carbocycles. The summed E-state index contributed by atoms with van der Waals surface area (Å²) in [5.74, 6) is 0. The highest BCUT2D eigenvalue weighted by atomic mass is 32.1. The smallest absolute Gasteiger partial charge is 0.101 e. The Morgan fingerprint density at radius 3 is 1.80 bits per heavy atom. The molecule has 0 radical (unpaired) electrons. The van der Waals surface area contributed by atoms with Gasteiger partial charge in [-0.3, -0.25) is 9.97 Å². The molecule has 0 unspecified atom stereocenters. The molecule has 5 nitrogen and oxygen atoms in total. The predicted octanol–water partition coefficient (Wildman–Crippen LogP) is 9.84. The largest absolute Gasteiger partial charge is 0.255 e. The van der Waals surface area contributed by atoms with Crippen molar-refractivity contribution in [3.05, 3.63) is 145 Å². The van der Waals surface area contributed by atoms with E-state index in [1.54, 1.807) is 23.7 Å². The van der Waals surface area contributed by atoms with Gasteiger partial charge in [-0.05, 0) is 59.2 Å². The number of thiophene rings is 1. The number of fused-ring (bicyclic) bond motifs is 3. The van der Waals surface area contributed by atoms with Crippen molar-refractivity contribution in [3.63, 3.8) is 0 Å². The van der Waals surface area contributed by atoms with E-state index >= 15 is 0 Å². The van der Waals surface area contributed by atoms with Crippen LogP contribution in [0.2, 0.25) is 0 Å². The summed E-state index contributed by atoms with van der Waals surface area (Å²) in [6.45, 7) is 0. The Kier molecular flexibility index (Phi) is 6.64. The molecule has 0 amide bonds. The number of aromatic nitrogens is 4. The molecule has 0 aliphatic rings. The van der Waals surface area contributed by atoms with Crippen LogP contribution in [0.3, 0.4) is 0 Å². The van der Waals surface area contributed by atoms with Crippen molar-refractivity contribution in [1.82, 2.24) is 19.9 Å². The van der Waals surface area contributed by atoms with E-state index in [1.165, 1.54) is 0 Å². The summed E-state index contributed by atoms with van der Waals surface area (Å²) in [5.41, 5.74) is 9.59. The minimum Gasteiger partial charge on any atom is -0.255 e. The predicted molar refractivity (Wildman–Crippen MR) is 182 cm³/mol. The van der Waals surface area contributed by atoms with Crippen LogP contribution in [-0.4, -0.2) is 19.9 Å². The Hall–Kier alpha value is -6.03. The molecule has 8 rings (SSSR count). The molecule has 8 aromatic rings. The quantitative estimate of drug-likeness (QED) is 0.199. The number of nitriles is 1. The van der Waals surface area contributed by atoms with Gasteiger partial charge in [-0.1, -0.05) is 84.9 Å². The molecule has 0 N–H and O–H groups in total. The first-order chi connectivity index (χ1) is 22.3. The van der Waals surface area contributed by atoms with Crippen molar-refractivity contribution in [2.45, 2.75) is 0 Å². The molecule has 0 atom stereocenters. The molecule has 210 valence electrons. The highest BCUT2D eigenvalue weighted by molar-refractivity contribution is 7.23. The third-order valence-electron chi connectivity index (χ3n) is 7.85. The van der Waals surface area contributed by atoms with Crippen molar-refractivity contribution in [2.75, 3.05) is 0 Å². The second-order valence-corrected chi connectivity index (χ2v) is 11.6. The maximum absolute atomic E-state index is 10.5. The lowest BCUT2D eigenvalue weighted by Gasteiger charge is -2.10. The summed E-state index contributed by atoms with van der Waals surface area (Å²) in [4.78, 5) is 20.0. The van der Waals surface area contributed by atoms with E-state index in [1.807, 2.05) is 72.8 Å². The Morgan fingerprint density at radius 1 is 0.533 bits per heavy atom. The normalized spacial score (nSPS) is 11.1. The number of rotatable bonds is 5. The molecule has 0 saturated heterocycles. The van der Waals surface area contributed by atoms with Gasteiger partial charge in [0.2, 0.25) is 0 Å². The van der Waals surface area contributed by atoms with E-state index in [0.717, 1.165) is 76.6 Å². The van der Waals surface area contributed by atoms with Crippen molar-refractivity contribution >= 4 is 32.3 Å². The van der Waals surface area contributed by atoms with Crippen LogP contribution in [0.1, 0.15) is 5.56 Å². The summed E-state index contributed by atoms with van der Waals surface area (Å²) in [6.07, 6.45) is 3.55. The number of nitrogens with zero attached hydrogens (tertiary/aromatic N) is 5. The first-order valence-corrected chi connectivity index (χ1v) is 15.3. The van der Waals surface area contributed by atoms with Gasteiger partial charge in [0.15, 0.2) is 0 Å². The van der Waals surface area contributed by atoms with Crippen LogP contribution in [0.4, 0.5) is 0 Å². The Bertz CT molecular complexity index is 2300. The maximum Gasteiger partial charge on any atom is 0.101 e. The Balaban J connectivity index is 1.27. The van der Waals surface area contributed by atoms with E-state index in [4.69, 9.17) is 9.97 Å². The third-order valence-corrected chi connectivity index (χ3v) is 9.12. The second-order valence-electron chi connectivity index (χ2n) is 10.6. The molecule has 5 heterocycles.